The third-order valence-corrected chi connectivity index (χ3v) is 5.15. The van der Waals surface area contributed by atoms with Gasteiger partial charge in [0.15, 0.2) is 0 Å². The molecule has 0 radical (unpaired) electrons. The predicted octanol–water partition coefficient (Wildman–Crippen LogP) is 4.93. The molecule has 0 fully saturated rings. The van der Waals surface area contributed by atoms with Gasteiger partial charge in [-0.15, -0.1) is 0 Å². The van der Waals surface area contributed by atoms with Gasteiger partial charge >= 0.3 is 11.8 Å². The van der Waals surface area contributed by atoms with Crippen molar-refractivity contribution in [2.45, 2.75) is 47.0 Å². The van der Waals surface area contributed by atoms with Gasteiger partial charge in [0.2, 0.25) is 0 Å². The molecule has 0 aliphatic carbocycles. The van der Waals surface area contributed by atoms with Crippen LogP contribution in [0.3, 0.4) is 0 Å². The second-order valence-electron chi connectivity index (χ2n) is 6.98. The Morgan fingerprint density at radius 3 is 2.11 bits per heavy atom. The van der Waals surface area contributed by atoms with Crippen LogP contribution in [0.25, 0.3) is 0 Å². The first-order valence-electron chi connectivity index (χ1n) is 9.98. The Morgan fingerprint density at radius 1 is 0.929 bits per heavy atom. The van der Waals surface area contributed by atoms with Gasteiger partial charge in [-0.2, -0.15) is 0 Å². The van der Waals surface area contributed by atoms with E-state index in [1.807, 2.05) is 49.4 Å². The van der Waals surface area contributed by atoms with Crippen LogP contribution < -0.4 is 15.5 Å². The van der Waals surface area contributed by atoms with Gasteiger partial charge in [0.05, 0.1) is 0 Å². The maximum atomic E-state index is 12.4. The fourth-order valence-electron chi connectivity index (χ4n) is 3.19. The lowest BCUT2D eigenvalue weighted by atomic mass is 9.97. The van der Waals surface area contributed by atoms with Crippen LogP contribution in [0, 0.1) is 6.92 Å². The first kappa shape index (κ1) is 21.5. The van der Waals surface area contributed by atoms with E-state index in [1.54, 1.807) is 0 Å². The summed E-state index contributed by atoms with van der Waals surface area (Å²) in [5, 5.41) is 5.48. The monoisotopic (exact) mass is 381 g/mol. The Balaban J connectivity index is 2.10. The minimum absolute atomic E-state index is 0.300. The molecule has 5 nitrogen and oxygen atoms in total. The zero-order valence-corrected chi connectivity index (χ0v) is 17.5. The van der Waals surface area contributed by atoms with Crippen LogP contribution in [-0.4, -0.2) is 24.9 Å². The second-order valence-corrected chi connectivity index (χ2v) is 6.98. The zero-order chi connectivity index (χ0) is 20.7. The van der Waals surface area contributed by atoms with Gasteiger partial charge in [0.25, 0.3) is 0 Å². The molecule has 1 atom stereocenters. The molecule has 1 unspecified atom stereocenters. The van der Waals surface area contributed by atoms with Crippen LogP contribution in [-0.2, 0) is 9.59 Å². The number of para-hydroxylation sites is 1. The summed E-state index contributed by atoms with van der Waals surface area (Å²) in [4.78, 5) is 27.1. The van der Waals surface area contributed by atoms with Crippen molar-refractivity contribution in [3.05, 3.63) is 53.6 Å². The molecule has 2 amide bonds. The Kier molecular flexibility index (Phi) is 7.61. The fraction of sp³-hybridized carbons (Fsp3) is 0.391. The number of amides is 2. The highest BCUT2D eigenvalue weighted by molar-refractivity contribution is 6.43. The molecule has 28 heavy (non-hydrogen) atoms. The average molecular weight is 382 g/mol. The van der Waals surface area contributed by atoms with Gasteiger partial charge in [0, 0.05) is 30.2 Å². The Hall–Kier alpha value is -2.82. The van der Waals surface area contributed by atoms with E-state index >= 15 is 0 Å². The van der Waals surface area contributed by atoms with Gasteiger partial charge in [-0.3, -0.25) is 9.59 Å². The number of carbonyl (C=O) groups is 2. The predicted molar refractivity (Wildman–Crippen MR) is 117 cm³/mol. The topological polar surface area (TPSA) is 61.4 Å². The van der Waals surface area contributed by atoms with Gasteiger partial charge in [-0.1, -0.05) is 32.0 Å². The van der Waals surface area contributed by atoms with Crippen LogP contribution in [0.2, 0.25) is 0 Å². The summed E-state index contributed by atoms with van der Waals surface area (Å²) in [6.07, 6.45) is 0.956. The smallest absolute Gasteiger partial charge is 0.314 e. The van der Waals surface area contributed by atoms with E-state index in [9.17, 15) is 9.59 Å². The quantitative estimate of drug-likeness (QED) is 0.668. The lowest BCUT2D eigenvalue weighted by Crippen LogP contribution is -2.30. The Morgan fingerprint density at radius 2 is 1.54 bits per heavy atom. The zero-order valence-electron chi connectivity index (χ0n) is 17.5. The van der Waals surface area contributed by atoms with E-state index in [0.717, 1.165) is 36.3 Å². The first-order valence-corrected chi connectivity index (χ1v) is 9.98. The SMILES string of the molecule is CCC(C)c1ccccc1NC(=O)C(=O)Nc1ccc(N(CC)CC)cc1C. The van der Waals surface area contributed by atoms with Crippen LogP contribution in [0.4, 0.5) is 17.1 Å². The van der Waals surface area contributed by atoms with Crippen molar-refractivity contribution in [3.63, 3.8) is 0 Å². The molecule has 0 bridgehead atoms. The third-order valence-electron chi connectivity index (χ3n) is 5.15. The van der Waals surface area contributed by atoms with Crippen molar-refractivity contribution in [1.29, 1.82) is 0 Å². The summed E-state index contributed by atoms with van der Waals surface area (Å²) in [5.41, 5.74) is 4.39. The molecular formula is C23H31N3O2. The second kappa shape index (κ2) is 9.93. The molecule has 2 rings (SSSR count). The van der Waals surface area contributed by atoms with Crippen molar-refractivity contribution in [2.75, 3.05) is 28.6 Å². The summed E-state index contributed by atoms with van der Waals surface area (Å²) < 4.78 is 0. The fourth-order valence-corrected chi connectivity index (χ4v) is 3.19. The molecule has 0 spiro atoms. The van der Waals surface area contributed by atoms with Crippen molar-refractivity contribution < 1.29 is 9.59 Å². The van der Waals surface area contributed by atoms with Gasteiger partial charge in [-0.25, -0.2) is 0 Å². The number of hydrogen-bond donors (Lipinski definition) is 2. The van der Waals surface area contributed by atoms with E-state index < -0.39 is 11.8 Å². The highest BCUT2D eigenvalue weighted by Crippen LogP contribution is 2.27. The van der Waals surface area contributed by atoms with Crippen LogP contribution in [0.1, 0.15) is 51.2 Å². The van der Waals surface area contributed by atoms with E-state index in [2.05, 4.69) is 43.2 Å². The number of aryl methyl sites for hydroxylation is 1. The Bertz CT molecular complexity index is 828. The molecule has 0 saturated heterocycles. The lowest BCUT2D eigenvalue weighted by molar-refractivity contribution is -0.133. The number of benzene rings is 2. The molecule has 0 aliphatic rings. The minimum atomic E-state index is -0.669. The summed E-state index contributed by atoms with van der Waals surface area (Å²) in [5.74, 6) is -1.03. The number of nitrogens with zero attached hydrogens (tertiary/aromatic N) is 1. The number of hydrogen-bond acceptors (Lipinski definition) is 3. The van der Waals surface area contributed by atoms with E-state index in [-0.39, 0.29) is 0 Å². The lowest BCUT2D eigenvalue weighted by Gasteiger charge is -2.22. The molecule has 0 aromatic heterocycles. The summed E-state index contributed by atoms with van der Waals surface area (Å²) in [7, 11) is 0. The van der Waals surface area contributed by atoms with Gasteiger partial charge < -0.3 is 15.5 Å². The largest absolute Gasteiger partial charge is 0.372 e. The first-order chi connectivity index (χ1) is 13.4. The van der Waals surface area contributed by atoms with Gasteiger partial charge in [-0.05, 0) is 68.5 Å². The van der Waals surface area contributed by atoms with Crippen LogP contribution in [0.15, 0.2) is 42.5 Å². The molecule has 5 heteroatoms. The van der Waals surface area contributed by atoms with Crippen LogP contribution in [0.5, 0.6) is 0 Å². The molecule has 0 saturated carbocycles. The summed E-state index contributed by atoms with van der Waals surface area (Å²) >= 11 is 0. The summed E-state index contributed by atoms with van der Waals surface area (Å²) in [6.45, 7) is 12.2. The number of rotatable bonds is 7. The van der Waals surface area contributed by atoms with Crippen LogP contribution >= 0.6 is 0 Å². The van der Waals surface area contributed by atoms with Crippen molar-refractivity contribution >= 4 is 28.9 Å². The normalized spacial score (nSPS) is 11.6. The van der Waals surface area contributed by atoms with E-state index in [1.165, 1.54) is 0 Å². The standard InChI is InChI=1S/C23H31N3O2/c1-6-16(4)19-11-9-10-12-21(19)25-23(28)22(27)24-20-14-13-18(15-17(20)5)26(7-2)8-3/h9-16H,6-8H2,1-5H3,(H,24,27)(H,25,28). The third kappa shape index (κ3) is 5.12. The number of carbonyl (C=O) groups excluding carboxylic acids is 2. The highest BCUT2D eigenvalue weighted by atomic mass is 16.2. The van der Waals surface area contributed by atoms with E-state index in [0.29, 0.717) is 17.3 Å². The van der Waals surface area contributed by atoms with Crippen molar-refractivity contribution in [1.82, 2.24) is 0 Å². The molecule has 0 aliphatic heterocycles. The molecule has 2 aromatic rings. The molecule has 150 valence electrons. The highest BCUT2D eigenvalue weighted by Gasteiger charge is 2.18. The van der Waals surface area contributed by atoms with Crippen molar-refractivity contribution in [3.8, 4) is 0 Å². The molecule has 2 aromatic carbocycles. The number of anilines is 3. The Labute approximate surface area is 168 Å². The maximum absolute atomic E-state index is 12.4. The molecule has 0 heterocycles. The summed E-state index contributed by atoms with van der Waals surface area (Å²) in [6, 6.07) is 13.5. The van der Waals surface area contributed by atoms with E-state index in [4.69, 9.17) is 0 Å². The maximum Gasteiger partial charge on any atom is 0.314 e. The number of nitrogens with one attached hydrogen (secondary N) is 2. The average Bonchev–Trinajstić information content (AvgIpc) is 2.70. The minimum Gasteiger partial charge on any atom is -0.372 e. The molecule has 2 N–H and O–H groups in total. The molecular weight excluding hydrogens is 350 g/mol. The van der Waals surface area contributed by atoms with Crippen molar-refractivity contribution in [2.24, 2.45) is 0 Å². The van der Waals surface area contributed by atoms with Gasteiger partial charge in [0.1, 0.15) is 0 Å².